The number of ether oxygens (including phenoxy) is 2. The molecule has 2 atom stereocenters. The zero-order chi connectivity index (χ0) is 22.8. The molecule has 0 unspecified atom stereocenters. The smallest absolute Gasteiger partial charge is 0.310 e. The summed E-state index contributed by atoms with van der Waals surface area (Å²) in [5, 5.41) is 0. The Hall–Kier alpha value is -3.41. The first-order valence-corrected chi connectivity index (χ1v) is 10.9. The lowest BCUT2D eigenvalue weighted by molar-refractivity contribution is -0.156. The lowest BCUT2D eigenvalue weighted by atomic mass is 9.87. The van der Waals surface area contributed by atoms with E-state index in [1.54, 1.807) is 12.5 Å². The van der Waals surface area contributed by atoms with Crippen LogP contribution in [0, 0.1) is 11.8 Å². The normalized spacial score (nSPS) is 12.7. The highest BCUT2D eigenvalue weighted by molar-refractivity contribution is 5.74. The number of nitrogens with zero attached hydrogens (tertiary/aromatic N) is 2. The van der Waals surface area contributed by atoms with Crippen LogP contribution in [-0.2, 0) is 45.6 Å². The van der Waals surface area contributed by atoms with Crippen molar-refractivity contribution >= 4 is 11.9 Å². The van der Waals surface area contributed by atoms with Crippen molar-refractivity contribution in [3.8, 4) is 0 Å². The van der Waals surface area contributed by atoms with Gasteiger partial charge in [-0.2, -0.15) is 0 Å². The molecule has 0 fully saturated rings. The number of imidazole rings is 1. The van der Waals surface area contributed by atoms with Gasteiger partial charge in [0.05, 0.1) is 25.3 Å². The van der Waals surface area contributed by atoms with Gasteiger partial charge in [0.2, 0.25) is 0 Å². The van der Waals surface area contributed by atoms with Gasteiger partial charge in [-0.05, 0) is 24.0 Å². The predicted molar refractivity (Wildman–Crippen MR) is 122 cm³/mol. The molecule has 6 heteroatoms. The van der Waals surface area contributed by atoms with Gasteiger partial charge in [-0.3, -0.25) is 9.59 Å². The molecule has 3 aromatic rings. The van der Waals surface area contributed by atoms with Crippen LogP contribution < -0.4 is 0 Å². The topological polar surface area (TPSA) is 70.4 Å². The molecule has 3 rings (SSSR count). The zero-order valence-corrected chi connectivity index (χ0v) is 18.6. The quantitative estimate of drug-likeness (QED) is 0.424. The molecule has 0 amide bonds. The average Bonchev–Trinajstić information content (AvgIpc) is 3.22. The third-order valence-electron chi connectivity index (χ3n) is 5.57. The number of rotatable bonds is 11. The summed E-state index contributed by atoms with van der Waals surface area (Å²) in [4.78, 5) is 29.5. The van der Waals surface area contributed by atoms with E-state index >= 15 is 0 Å². The maximum Gasteiger partial charge on any atom is 0.310 e. The summed E-state index contributed by atoms with van der Waals surface area (Å²) in [6, 6.07) is 19.1. The summed E-state index contributed by atoms with van der Waals surface area (Å²) in [5.74, 6) is -1.18. The van der Waals surface area contributed by atoms with Crippen molar-refractivity contribution in [1.82, 2.24) is 9.55 Å². The molecule has 0 saturated carbocycles. The summed E-state index contributed by atoms with van der Waals surface area (Å²) in [6.45, 7) is 2.33. The maximum atomic E-state index is 13.0. The second-order valence-corrected chi connectivity index (χ2v) is 7.91. The van der Waals surface area contributed by atoms with Crippen LogP contribution in [0.5, 0.6) is 0 Å². The Morgan fingerprint density at radius 2 is 1.62 bits per heavy atom. The highest BCUT2D eigenvalue weighted by atomic mass is 16.5. The van der Waals surface area contributed by atoms with Gasteiger partial charge in [0.1, 0.15) is 6.61 Å². The van der Waals surface area contributed by atoms with Gasteiger partial charge in [0.15, 0.2) is 0 Å². The van der Waals surface area contributed by atoms with Crippen LogP contribution in [0.1, 0.15) is 30.2 Å². The van der Waals surface area contributed by atoms with E-state index in [4.69, 9.17) is 9.47 Å². The number of aryl methyl sites for hydroxylation is 1. The number of carbonyl (C=O) groups excluding carboxylic acids is 2. The second kappa shape index (κ2) is 11.8. The molecule has 1 aromatic heterocycles. The van der Waals surface area contributed by atoms with Crippen molar-refractivity contribution < 1.29 is 19.1 Å². The summed E-state index contributed by atoms with van der Waals surface area (Å²) in [5.41, 5.74) is 2.81. The zero-order valence-electron chi connectivity index (χ0n) is 18.6. The average molecular weight is 435 g/mol. The lowest BCUT2D eigenvalue weighted by Crippen LogP contribution is -2.31. The van der Waals surface area contributed by atoms with Crippen LogP contribution in [-0.4, -0.2) is 28.1 Å². The van der Waals surface area contributed by atoms with Crippen LogP contribution >= 0.6 is 0 Å². The first-order chi connectivity index (χ1) is 15.6. The van der Waals surface area contributed by atoms with E-state index in [0.717, 1.165) is 16.8 Å². The molecule has 0 radical (unpaired) electrons. The maximum absolute atomic E-state index is 13.0. The lowest BCUT2D eigenvalue weighted by Gasteiger charge is -2.25. The Kier molecular flexibility index (Phi) is 8.61. The minimum Gasteiger partial charge on any atom is -0.465 e. The summed E-state index contributed by atoms with van der Waals surface area (Å²) >= 11 is 0. The minimum atomic E-state index is -0.391. The molecule has 32 heavy (non-hydrogen) atoms. The fraction of sp³-hybridized carbons (Fsp3) is 0.346. The molecule has 0 aliphatic rings. The third kappa shape index (κ3) is 6.80. The van der Waals surface area contributed by atoms with E-state index in [1.165, 1.54) is 0 Å². The minimum absolute atomic E-state index is 0.149. The summed E-state index contributed by atoms with van der Waals surface area (Å²) in [6.07, 6.45) is 4.86. The van der Waals surface area contributed by atoms with Gasteiger partial charge in [0.25, 0.3) is 0 Å². The molecule has 168 valence electrons. The van der Waals surface area contributed by atoms with Gasteiger partial charge in [-0.25, -0.2) is 4.98 Å². The monoisotopic (exact) mass is 434 g/mol. The van der Waals surface area contributed by atoms with Gasteiger partial charge in [-0.1, -0.05) is 67.6 Å². The number of hydrogen-bond acceptors (Lipinski definition) is 5. The summed E-state index contributed by atoms with van der Waals surface area (Å²) < 4.78 is 13.1. The standard InChI is InChI=1S/C26H30N2O4/c1-3-24(26(30)32-17-21-12-8-5-9-13-21)22(15-23-16-27-19-28(23)2)18-31-25(29)14-20-10-6-4-7-11-20/h4-13,16,19,22,24H,3,14-15,17-18H2,1-2H3/t22-,24-/m0/s1. The Bertz CT molecular complexity index is 985. The molecular formula is C26H30N2O4. The largest absolute Gasteiger partial charge is 0.465 e. The Labute approximate surface area is 189 Å². The van der Waals surface area contributed by atoms with Crippen molar-refractivity contribution in [3.63, 3.8) is 0 Å². The molecule has 0 saturated heterocycles. The molecule has 0 bridgehead atoms. The molecule has 0 aliphatic carbocycles. The Morgan fingerprint density at radius 3 is 2.22 bits per heavy atom. The molecule has 1 heterocycles. The molecule has 0 spiro atoms. The number of carbonyl (C=O) groups is 2. The van der Waals surface area contributed by atoms with Gasteiger partial charge >= 0.3 is 11.9 Å². The van der Waals surface area contributed by atoms with Crippen LogP contribution in [0.2, 0.25) is 0 Å². The van der Waals surface area contributed by atoms with E-state index < -0.39 is 5.92 Å². The third-order valence-corrected chi connectivity index (χ3v) is 5.57. The van der Waals surface area contributed by atoms with Gasteiger partial charge in [0, 0.05) is 24.9 Å². The van der Waals surface area contributed by atoms with E-state index in [0.29, 0.717) is 12.8 Å². The number of benzene rings is 2. The predicted octanol–water partition coefficient (Wildman–Crippen LogP) is 4.13. The van der Waals surface area contributed by atoms with Crippen molar-refractivity contribution in [1.29, 1.82) is 0 Å². The Morgan fingerprint density at radius 1 is 0.969 bits per heavy atom. The van der Waals surface area contributed by atoms with Crippen LogP contribution in [0.4, 0.5) is 0 Å². The summed E-state index contributed by atoms with van der Waals surface area (Å²) in [7, 11) is 1.91. The first kappa shape index (κ1) is 23.3. The molecular weight excluding hydrogens is 404 g/mol. The van der Waals surface area contributed by atoms with Crippen LogP contribution in [0.3, 0.4) is 0 Å². The SMILES string of the molecule is CC[C@H](C(=O)OCc1ccccc1)[C@H](COC(=O)Cc1ccccc1)Cc1cncn1C. The van der Waals surface area contributed by atoms with Gasteiger partial charge < -0.3 is 14.0 Å². The van der Waals surface area contributed by atoms with Gasteiger partial charge in [-0.15, -0.1) is 0 Å². The van der Waals surface area contributed by atoms with E-state index in [1.807, 2.05) is 79.2 Å². The second-order valence-electron chi connectivity index (χ2n) is 7.91. The van der Waals surface area contributed by atoms with Crippen molar-refractivity contribution in [2.24, 2.45) is 18.9 Å². The molecule has 0 N–H and O–H groups in total. The van der Waals surface area contributed by atoms with Crippen LogP contribution in [0.25, 0.3) is 0 Å². The van der Waals surface area contributed by atoms with Crippen molar-refractivity contribution in [2.75, 3.05) is 6.61 Å². The fourth-order valence-corrected chi connectivity index (χ4v) is 3.71. The number of esters is 2. The molecule has 0 aliphatic heterocycles. The van der Waals surface area contributed by atoms with Crippen molar-refractivity contribution in [2.45, 2.75) is 32.8 Å². The highest BCUT2D eigenvalue weighted by Crippen LogP contribution is 2.24. The fourth-order valence-electron chi connectivity index (χ4n) is 3.71. The number of aromatic nitrogens is 2. The van der Waals surface area contributed by atoms with E-state index in [2.05, 4.69) is 4.98 Å². The van der Waals surface area contributed by atoms with E-state index in [9.17, 15) is 9.59 Å². The number of hydrogen-bond donors (Lipinski definition) is 0. The van der Waals surface area contributed by atoms with E-state index in [-0.39, 0.29) is 37.5 Å². The van der Waals surface area contributed by atoms with Crippen molar-refractivity contribution in [3.05, 3.63) is 90.0 Å². The first-order valence-electron chi connectivity index (χ1n) is 10.9. The Balaban J connectivity index is 1.66. The van der Waals surface area contributed by atoms with Crippen LogP contribution in [0.15, 0.2) is 73.2 Å². The molecule has 2 aromatic carbocycles. The molecule has 6 nitrogen and oxygen atoms in total. The highest BCUT2D eigenvalue weighted by Gasteiger charge is 2.30.